The lowest BCUT2D eigenvalue weighted by atomic mass is 10.0. The van der Waals surface area contributed by atoms with Crippen molar-refractivity contribution in [2.45, 2.75) is 58.0 Å². The second-order valence-corrected chi connectivity index (χ2v) is 10.8. The van der Waals surface area contributed by atoms with Crippen molar-refractivity contribution in [3.05, 3.63) is 65.0 Å². The fourth-order valence-electron chi connectivity index (χ4n) is 5.85. The van der Waals surface area contributed by atoms with Gasteiger partial charge in [-0.2, -0.15) is 28.6 Å². The summed E-state index contributed by atoms with van der Waals surface area (Å²) < 4.78 is 55.2. The largest absolute Gasteiger partial charge is 0.484 e. The Bertz CT molecular complexity index is 1630. The second-order valence-electron chi connectivity index (χ2n) is 10.8. The van der Waals surface area contributed by atoms with E-state index >= 15 is 0 Å². The Balaban J connectivity index is 1.33. The van der Waals surface area contributed by atoms with Gasteiger partial charge in [-0.3, -0.25) is 14.6 Å². The summed E-state index contributed by atoms with van der Waals surface area (Å²) in [5.41, 5.74) is 3.75. The molecular weight excluding hydrogens is 535 g/mol. The van der Waals surface area contributed by atoms with E-state index in [4.69, 9.17) is 14.6 Å². The standard InChI is InChI=1S/C29H30F3N7O2/c1-17-27(18(2)39(36-17)24-4-6-37(7-5-24)25-15-40-16-25)21-9-26(28-22(10-33)12-35-38(28)14-21)41-19(3)20-8-23(13-34-11-20)29(30,31)32/h8-9,11-14,19,24-25H,4-7,15-16H2,1-3H3/t19-/m1/s1. The van der Waals surface area contributed by atoms with Gasteiger partial charge in [0.1, 0.15) is 29.0 Å². The predicted octanol–water partition coefficient (Wildman–Crippen LogP) is 5.28. The van der Waals surface area contributed by atoms with Crippen molar-refractivity contribution in [3.63, 3.8) is 0 Å². The summed E-state index contributed by atoms with van der Waals surface area (Å²) in [7, 11) is 0. The molecule has 0 aromatic carbocycles. The molecule has 0 radical (unpaired) electrons. The molecular formula is C29H30F3N7O2. The number of piperidine rings is 1. The third-order valence-corrected chi connectivity index (χ3v) is 8.15. The van der Waals surface area contributed by atoms with Crippen LogP contribution in [0.25, 0.3) is 16.6 Å². The highest BCUT2D eigenvalue weighted by Gasteiger charge is 2.33. The van der Waals surface area contributed by atoms with Crippen molar-refractivity contribution >= 4 is 5.52 Å². The lowest BCUT2D eigenvalue weighted by Crippen LogP contribution is -2.52. The Morgan fingerprint density at radius 2 is 1.85 bits per heavy atom. The summed E-state index contributed by atoms with van der Waals surface area (Å²) in [6.07, 6.45) is 2.12. The van der Waals surface area contributed by atoms with Crippen LogP contribution in [0.1, 0.15) is 60.0 Å². The first kappa shape index (κ1) is 27.2. The molecule has 0 N–H and O–H groups in total. The Morgan fingerprint density at radius 3 is 2.51 bits per heavy atom. The highest BCUT2D eigenvalue weighted by Crippen LogP contribution is 2.38. The van der Waals surface area contributed by atoms with Crippen LogP contribution in [0.3, 0.4) is 0 Å². The molecule has 0 bridgehead atoms. The summed E-state index contributed by atoms with van der Waals surface area (Å²) >= 11 is 0. The normalized spacial score (nSPS) is 17.9. The number of nitriles is 1. The van der Waals surface area contributed by atoms with Gasteiger partial charge in [0, 0.05) is 54.1 Å². The number of hydrogen-bond acceptors (Lipinski definition) is 7. The van der Waals surface area contributed by atoms with Crippen molar-refractivity contribution in [3.8, 4) is 22.9 Å². The van der Waals surface area contributed by atoms with Gasteiger partial charge in [-0.25, -0.2) is 4.52 Å². The van der Waals surface area contributed by atoms with Crippen LogP contribution in [0.15, 0.2) is 36.9 Å². The molecule has 12 heteroatoms. The monoisotopic (exact) mass is 565 g/mol. The fourth-order valence-corrected chi connectivity index (χ4v) is 5.85. The van der Waals surface area contributed by atoms with Crippen molar-refractivity contribution < 1.29 is 22.6 Å². The first-order chi connectivity index (χ1) is 19.6. The van der Waals surface area contributed by atoms with E-state index in [0.717, 1.165) is 73.9 Å². The first-order valence-electron chi connectivity index (χ1n) is 13.6. The zero-order valence-electron chi connectivity index (χ0n) is 23.0. The van der Waals surface area contributed by atoms with Crippen LogP contribution in [0.5, 0.6) is 5.75 Å². The maximum absolute atomic E-state index is 13.3. The Hall–Kier alpha value is -3.95. The molecule has 6 heterocycles. The summed E-state index contributed by atoms with van der Waals surface area (Å²) in [6.45, 7) is 9.29. The molecule has 2 saturated heterocycles. The number of aromatic nitrogens is 5. The van der Waals surface area contributed by atoms with Gasteiger partial charge in [0.25, 0.3) is 0 Å². The van der Waals surface area contributed by atoms with Gasteiger partial charge in [0.2, 0.25) is 0 Å². The summed E-state index contributed by atoms with van der Waals surface area (Å²) in [4.78, 5) is 6.26. The van der Waals surface area contributed by atoms with Crippen molar-refractivity contribution in [2.75, 3.05) is 26.3 Å². The summed E-state index contributed by atoms with van der Waals surface area (Å²) in [5, 5.41) is 19.0. The molecule has 0 aliphatic carbocycles. The number of nitrogens with zero attached hydrogens (tertiary/aromatic N) is 7. The van der Waals surface area contributed by atoms with Crippen LogP contribution < -0.4 is 4.74 Å². The van der Waals surface area contributed by atoms with Gasteiger partial charge in [-0.1, -0.05) is 0 Å². The summed E-state index contributed by atoms with van der Waals surface area (Å²) in [6, 6.07) is 5.78. The number of ether oxygens (including phenoxy) is 2. The van der Waals surface area contributed by atoms with Crippen LogP contribution in [-0.4, -0.2) is 61.6 Å². The number of alkyl halides is 3. The van der Waals surface area contributed by atoms with E-state index in [1.807, 2.05) is 26.1 Å². The molecule has 4 aromatic rings. The van der Waals surface area contributed by atoms with Crippen LogP contribution in [-0.2, 0) is 10.9 Å². The number of rotatable bonds is 6. The van der Waals surface area contributed by atoms with Crippen LogP contribution in [0, 0.1) is 25.2 Å². The number of likely N-dealkylation sites (tertiary alicyclic amines) is 1. The molecule has 0 unspecified atom stereocenters. The molecule has 4 aromatic heterocycles. The van der Waals surface area contributed by atoms with E-state index in [0.29, 0.717) is 22.9 Å². The number of aryl methyl sites for hydroxylation is 1. The minimum atomic E-state index is -4.52. The Labute approximate surface area is 235 Å². The molecule has 41 heavy (non-hydrogen) atoms. The average Bonchev–Trinajstić information content (AvgIpc) is 3.47. The van der Waals surface area contributed by atoms with Crippen LogP contribution in [0.2, 0.25) is 0 Å². The van der Waals surface area contributed by atoms with Gasteiger partial charge in [0.15, 0.2) is 0 Å². The van der Waals surface area contributed by atoms with Crippen LogP contribution in [0.4, 0.5) is 13.2 Å². The molecule has 0 amide bonds. The van der Waals surface area contributed by atoms with Crippen LogP contribution >= 0.6 is 0 Å². The zero-order chi connectivity index (χ0) is 28.9. The molecule has 6 rings (SSSR count). The number of pyridine rings is 2. The molecule has 2 aliphatic rings. The second kappa shape index (κ2) is 10.5. The molecule has 0 spiro atoms. The lowest BCUT2D eigenvalue weighted by Gasteiger charge is -2.41. The van der Waals surface area contributed by atoms with Crippen molar-refractivity contribution in [1.82, 2.24) is 29.3 Å². The molecule has 1 atom stereocenters. The van der Waals surface area contributed by atoms with Gasteiger partial charge in [0.05, 0.1) is 42.8 Å². The molecule has 2 aliphatic heterocycles. The highest BCUT2D eigenvalue weighted by molar-refractivity contribution is 5.77. The highest BCUT2D eigenvalue weighted by atomic mass is 19.4. The van der Waals surface area contributed by atoms with Gasteiger partial charge < -0.3 is 9.47 Å². The zero-order valence-corrected chi connectivity index (χ0v) is 23.0. The van der Waals surface area contributed by atoms with Gasteiger partial charge in [-0.05, 0) is 45.7 Å². The number of halogens is 3. The third kappa shape index (κ3) is 5.04. The molecule has 2 fully saturated rings. The SMILES string of the molecule is Cc1nn(C2CCN(C3COC3)CC2)c(C)c1-c1cc(O[C@H](C)c2cncc(C(F)(F)F)c2)c2c(C#N)cnn2c1. The smallest absolute Gasteiger partial charge is 0.417 e. The van der Waals surface area contributed by atoms with Crippen molar-refractivity contribution in [1.29, 1.82) is 5.26 Å². The van der Waals surface area contributed by atoms with Crippen molar-refractivity contribution in [2.24, 2.45) is 0 Å². The molecule has 0 saturated carbocycles. The Kier molecular flexibility index (Phi) is 6.95. The third-order valence-electron chi connectivity index (χ3n) is 8.15. The van der Waals surface area contributed by atoms with E-state index in [-0.39, 0.29) is 11.6 Å². The number of fused-ring (bicyclic) bond motifs is 1. The van der Waals surface area contributed by atoms with Gasteiger partial charge >= 0.3 is 6.18 Å². The molecule has 9 nitrogen and oxygen atoms in total. The van der Waals surface area contributed by atoms with E-state index in [9.17, 15) is 18.4 Å². The van der Waals surface area contributed by atoms with E-state index in [2.05, 4.69) is 25.7 Å². The molecule has 214 valence electrons. The lowest BCUT2D eigenvalue weighted by molar-refractivity contribution is -0.137. The number of hydrogen-bond donors (Lipinski definition) is 0. The van der Waals surface area contributed by atoms with E-state index < -0.39 is 17.8 Å². The first-order valence-corrected chi connectivity index (χ1v) is 13.6. The maximum Gasteiger partial charge on any atom is 0.417 e. The average molecular weight is 566 g/mol. The minimum absolute atomic E-state index is 0.265. The predicted molar refractivity (Wildman–Crippen MR) is 143 cm³/mol. The van der Waals surface area contributed by atoms with E-state index in [1.165, 1.54) is 12.4 Å². The fraction of sp³-hybridized carbons (Fsp3) is 0.448. The minimum Gasteiger partial charge on any atom is -0.484 e. The van der Waals surface area contributed by atoms with E-state index in [1.54, 1.807) is 11.4 Å². The quantitative estimate of drug-likeness (QED) is 0.314. The maximum atomic E-state index is 13.3. The Morgan fingerprint density at radius 1 is 1.10 bits per heavy atom. The summed E-state index contributed by atoms with van der Waals surface area (Å²) in [5.74, 6) is 0.337. The topological polar surface area (TPSA) is 93.5 Å². The van der Waals surface area contributed by atoms with Gasteiger partial charge in [-0.15, -0.1) is 0 Å².